The molecule has 0 aromatic rings. The van der Waals surface area contributed by atoms with Crippen molar-refractivity contribution >= 4 is 5.97 Å². The third-order valence-corrected chi connectivity index (χ3v) is 12.4. The number of unbranched alkanes of at least 4 members (excludes halogenated alkanes) is 1. The van der Waals surface area contributed by atoms with Crippen LogP contribution >= 0.6 is 0 Å². The molecule has 5 heteroatoms. The van der Waals surface area contributed by atoms with Crippen LogP contribution in [0.2, 0.25) is 0 Å². The van der Waals surface area contributed by atoms with Crippen molar-refractivity contribution in [2.24, 2.45) is 52.3 Å². The lowest BCUT2D eigenvalue weighted by Crippen LogP contribution is -2.53. The summed E-state index contributed by atoms with van der Waals surface area (Å²) >= 11 is 0. The quantitative estimate of drug-likeness (QED) is 0.135. The molecule has 0 aromatic heterocycles. The molecule has 0 bridgehead atoms. The van der Waals surface area contributed by atoms with Crippen molar-refractivity contribution in [1.82, 2.24) is 0 Å². The first-order valence-corrected chi connectivity index (χ1v) is 16.7. The van der Waals surface area contributed by atoms with E-state index in [9.17, 15) is 4.79 Å². The summed E-state index contributed by atoms with van der Waals surface area (Å²) in [5.74, 6) is 5.42. The van der Waals surface area contributed by atoms with Crippen LogP contribution in [0.4, 0.5) is 0 Å². The molecule has 1 N–H and O–H groups in total. The van der Waals surface area contributed by atoms with E-state index in [4.69, 9.17) is 19.3 Å². The standard InChI is InChI=1S/C35H60O5/c1-24(2)9-7-8-10-27-12-14-31-30-13-11-28-19-26(15-17-35(28,5)32(30)16-18-34(27,31)4)21-39-29(22-38-6)23-40-33(37)25(3)20-36/h24,26-32,36H,3,7-23H2,1-2,4-6H3. The van der Waals surface area contributed by atoms with Crippen molar-refractivity contribution < 1.29 is 24.1 Å². The summed E-state index contributed by atoms with van der Waals surface area (Å²) in [6, 6.07) is 0. The van der Waals surface area contributed by atoms with Crippen LogP contribution in [-0.2, 0) is 19.0 Å². The molecule has 5 nitrogen and oxygen atoms in total. The maximum absolute atomic E-state index is 11.9. The number of aliphatic hydroxyl groups excluding tert-OH is 1. The number of rotatable bonds is 14. The Morgan fingerprint density at radius 3 is 2.45 bits per heavy atom. The van der Waals surface area contributed by atoms with Crippen molar-refractivity contribution in [2.75, 3.05) is 33.5 Å². The molecule has 4 aliphatic rings. The third kappa shape index (κ3) is 7.00. The molecule has 230 valence electrons. The fourth-order valence-electron chi connectivity index (χ4n) is 9.96. The molecule has 9 unspecified atom stereocenters. The van der Waals surface area contributed by atoms with E-state index in [0.29, 0.717) is 30.0 Å². The molecule has 4 fully saturated rings. The van der Waals surface area contributed by atoms with Crippen LogP contribution in [-0.4, -0.2) is 50.7 Å². The van der Waals surface area contributed by atoms with Gasteiger partial charge in [0.2, 0.25) is 0 Å². The molecular weight excluding hydrogens is 500 g/mol. The summed E-state index contributed by atoms with van der Waals surface area (Å²) in [5.41, 5.74) is 1.15. The van der Waals surface area contributed by atoms with Gasteiger partial charge in [0.25, 0.3) is 0 Å². The summed E-state index contributed by atoms with van der Waals surface area (Å²) in [6.45, 7) is 14.4. The molecule has 0 saturated heterocycles. The van der Waals surface area contributed by atoms with Crippen molar-refractivity contribution in [3.8, 4) is 0 Å². The average molecular weight is 561 g/mol. The van der Waals surface area contributed by atoms with Crippen LogP contribution in [0.3, 0.4) is 0 Å². The first-order valence-electron chi connectivity index (χ1n) is 16.7. The topological polar surface area (TPSA) is 65.0 Å². The molecule has 0 radical (unpaired) electrons. The number of aliphatic hydroxyl groups is 1. The fourth-order valence-corrected chi connectivity index (χ4v) is 9.96. The maximum atomic E-state index is 11.9. The zero-order valence-electron chi connectivity index (χ0n) is 26.4. The Balaban J connectivity index is 1.29. The number of ether oxygens (including phenoxy) is 3. The highest BCUT2D eigenvalue weighted by Gasteiger charge is 2.59. The highest BCUT2D eigenvalue weighted by molar-refractivity contribution is 5.87. The Morgan fingerprint density at radius 1 is 0.975 bits per heavy atom. The Hall–Kier alpha value is -0.910. The Morgan fingerprint density at radius 2 is 1.73 bits per heavy atom. The maximum Gasteiger partial charge on any atom is 0.335 e. The largest absolute Gasteiger partial charge is 0.459 e. The highest BCUT2D eigenvalue weighted by Crippen LogP contribution is 2.68. The van der Waals surface area contributed by atoms with Gasteiger partial charge in [0, 0.05) is 7.11 Å². The summed E-state index contributed by atoms with van der Waals surface area (Å²) in [5, 5.41) is 9.10. The lowest BCUT2D eigenvalue weighted by Gasteiger charge is -2.61. The zero-order valence-corrected chi connectivity index (χ0v) is 26.4. The van der Waals surface area contributed by atoms with Gasteiger partial charge in [-0.15, -0.1) is 0 Å². The Labute approximate surface area is 245 Å². The second-order valence-electron chi connectivity index (χ2n) is 15.1. The van der Waals surface area contributed by atoms with Crippen LogP contribution in [0.25, 0.3) is 0 Å². The smallest absolute Gasteiger partial charge is 0.335 e. The molecule has 0 amide bonds. The van der Waals surface area contributed by atoms with E-state index in [2.05, 4.69) is 34.3 Å². The number of methoxy groups -OCH3 is 1. The number of esters is 1. The number of hydrogen-bond acceptors (Lipinski definition) is 5. The molecule has 0 heterocycles. The molecule has 4 aliphatic carbocycles. The van der Waals surface area contributed by atoms with Crippen LogP contribution in [0, 0.1) is 52.3 Å². The van der Waals surface area contributed by atoms with Gasteiger partial charge in [0.1, 0.15) is 12.7 Å². The van der Waals surface area contributed by atoms with Crippen molar-refractivity contribution in [3.63, 3.8) is 0 Å². The van der Waals surface area contributed by atoms with Gasteiger partial charge in [-0.05, 0) is 116 Å². The fraction of sp³-hybridized carbons (Fsp3) is 0.914. The molecule has 0 spiro atoms. The van der Waals surface area contributed by atoms with Crippen molar-refractivity contribution in [1.29, 1.82) is 0 Å². The van der Waals surface area contributed by atoms with Gasteiger partial charge in [-0.25, -0.2) is 4.79 Å². The second-order valence-corrected chi connectivity index (χ2v) is 15.1. The minimum Gasteiger partial charge on any atom is -0.459 e. The molecule has 4 rings (SSSR count). The summed E-state index contributed by atoms with van der Waals surface area (Å²) in [7, 11) is 1.64. The summed E-state index contributed by atoms with van der Waals surface area (Å²) in [6.07, 6.45) is 18.0. The predicted octanol–water partition coefficient (Wildman–Crippen LogP) is 7.60. The molecule has 0 aromatic carbocycles. The first kappa shape index (κ1) is 32.0. The van der Waals surface area contributed by atoms with Gasteiger partial charge >= 0.3 is 5.97 Å². The molecule has 40 heavy (non-hydrogen) atoms. The molecular formula is C35H60O5. The van der Waals surface area contributed by atoms with Crippen LogP contribution in [0.1, 0.15) is 111 Å². The Bertz CT molecular complexity index is 840. The lowest BCUT2D eigenvalue weighted by atomic mass is 9.44. The molecule has 9 atom stereocenters. The van der Waals surface area contributed by atoms with E-state index in [1.54, 1.807) is 7.11 Å². The number of fused-ring (bicyclic) bond motifs is 5. The Kier molecular flexibility index (Phi) is 11.2. The summed E-state index contributed by atoms with van der Waals surface area (Å²) < 4.78 is 16.9. The van der Waals surface area contributed by atoms with E-state index in [1.807, 2.05) is 0 Å². The minimum atomic E-state index is -0.569. The minimum absolute atomic E-state index is 0.0659. The normalized spacial score (nSPS) is 37.9. The highest BCUT2D eigenvalue weighted by atomic mass is 16.6. The van der Waals surface area contributed by atoms with Gasteiger partial charge in [0.05, 0.1) is 25.4 Å². The van der Waals surface area contributed by atoms with Gasteiger partial charge in [-0.2, -0.15) is 0 Å². The van der Waals surface area contributed by atoms with Gasteiger partial charge in [-0.3, -0.25) is 0 Å². The second kappa shape index (κ2) is 14.0. The van der Waals surface area contributed by atoms with Gasteiger partial charge in [0.15, 0.2) is 0 Å². The lowest BCUT2D eigenvalue weighted by molar-refractivity contribution is -0.148. The van der Waals surface area contributed by atoms with E-state index in [0.717, 1.165) is 35.5 Å². The van der Waals surface area contributed by atoms with Crippen LogP contribution in [0.15, 0.2) is 12.2 Å². The zero-order chi connectivity index (χ0) is 28.9. The van der Waals surface area contributed by atoms with E-state index < -0.39 is 12.6 Å². The van der Waals surface area contributed by atoms with Gasteiger partial charge in [-0.1, -0.05) is 53.5 Å². The average Bonchev–Trinajstić information content (AvgIpc) is 3.27. The number of carbonyl (C=O) groups is 1. The van der Waals surface area contributed by atoms with Gasteiger partial charge < -0.3 is 19.3 Å². The third-order valence-electron chi connectivity index (χ3n) is 12.4. The van der Waals surface area contributed by atoms with E-state index in [-0.39, 0.29) is 18.3 Å². The van der Waals surface area contributed by atoms with Crippen molar-refractivity contribution in [3.05, 3.63) is 12.2 Å². The molecule has 0 aliphatic heterocycles. The number of carbonyl (C=O) groups excluding carboxylic acids is 1. The van der Waals surface area contributed by atoms with E-state index >= 15 is 0 Å². The predicted molar refractivity (Wildman–Crippen MR) is 161 cm³/mol. The van der Waals surface area contributed by atoms with Crippen LogP contribution < -0.4 is 0 Å². The monoisotopic (exact) mass is 560 g/mol. The van der Waals surface area contributed by atoms with Crippen molar-refractivity contribution in [2.45, 2.75) is 117 Å². The van der Waals surface area contributed by atoms with E-state index in [1.165, 1.54) is 83.5 Å². The molecule has 4 saturated carbocycles. The van der Waals surface area contributed by atoms with Crippen LogP contribution in [0.5, 0.6) is 0 Å². The summed E-state index contributed by atoms with van der Waals surface area (Å²) in [4.78, 5) is 11.9. The number of hydrogen-bond donors (Lipinski definition) is 1. The first-order chi connectivity index (χ1) is 19.1. The SMILES string of the molecule is C=C(CO)C(=O)OCC(COC)OCC1CCC2(C)C(CCC3C4CCC(CCCCC(C)C)C4(C)CCC32)C1.